The normalized spacial score (nSPS) is 11.1. The first-order chi connectivity index (χ1) is 9.24. The van der Waals surface area contributed by atoms with E-state index in [2.05, 4.69) is 6.92 Å². The second-order valence-corrected chi connectivity index (χ2v) is 6.86. The van der Waals surface area contributed by atoms with Crippen LogP contribution in [-0.4, -0.2) is 3.96 Å². The fourth-order valence-electron chi connectivity index (χ4n) is 2.24. The first-order valence-corrected chi connectivity index (χ1v) is 8.76. The summed E-state index contributed by atoms with van der Waals surface area (Å²) in [6.45, 7) is 3.08. The van der Waals surface area contributed by atoms with Crippen molar-refractivity contribution in [2.75, 3.05) is 0 Å². The van der Waals surface area contributed by atoms with Crippen molar-refractivity contribution in [1.29, 1.82) is 0 Å². The summed E-state index contributed by atoms with van der Waals surface area (Å²) in [7, 11) is 0. The molecule has 0 fully saturated rings. The predicted octanol–water partition coefficient (Wildman–Crippen LogP) is 5.48. The molecule has 0 bridgehead atoms. The summed E-state index contributed by atoms with van der Waals surface area (Å²) in [5.74, 6) is 0. The fraction of sp³-hybridized carbons (Fsp3) is 0.800. The molecule has 19 heavy (non-hydrogen) atoms. The molecule has 4 heteroatoms. The second-order valence-electron chi connectivity index (χ2n) is 5.16. The first kappa shape index (κ1) is 16.8. The third-order valence-electron chi connectivity index (χ3n) is 3.39. The minimum absolute atomic E-state index is 0.0472. The number of unbranched alkanes of at least 4 members (excludes halogenated alkanes) is 9. The summed E-state index contributed by atoms with van der Waals surface area (Å²) in [5, 5.41) is 0. The van der Waals surface area contributed by atoms with E-state index in [1.54, 1.807) is 3.96 Å². The number of rotatable bonds is 11. The lowest BCUT2D eigenvalue weighted by molar-refractivity contribution is 0.540. The Labute approximate surface area is 125 Å². The predicted molar refractivity (Wildman–Crippen MR) is 85.4 cm³/mol. The number of hydrogen-bond donors (Lipinski definition) is 0. The molecule has 0 aliphatic heterocycles. The van der Waals surface area contributed by atoms with Gasteiger partial charge in [-0.2, -0.15) is 0 Å². The lowest BCUT2D eigenvalue weighted by Crippen LogP contribution is -2.11. The summed E-state index contributed by atoms with van der Waals surface area (Å²) in [6, 6.07) is 1.50. The molecule has 0 radical (unpaired) electrons. The molecule has 2 nitrogen and oxygen atoms in total. The summed E-state index contributed by atoms with van der Waals surface area (Å²) >= 11 is 7.16. The van der Waals surface area contributed by atoms with Crippen molar-refractivity contribution in [2.45, 2.75) is 77.7 Å². The quantitative estimate of drug-likeness (QED) is 0.496. The van der Waals surface area contributed by atoms with Gasteiger partial charge in [0.25, 0.3) is 5.56 Å². The van der Waals surface area contributed by atoms with Crippen LogP contribution in [0.3, 0.4) is 0 Å². The smallest absolute Gasteiger partial charge is 0.262 e. The molecule has 1 heterocycles. The Bertz CT molecular complexity index is 386. The van der Waals surface area contributed by atoms with E-state index in [0.29, 0.717) is 4.34 Å². The van der Waals surface area contributed by atoms with Crippen molar-refractivity contribution in [2.24, 2.45) is 0 Å². The van der Waals surface area contributed by atoms with E-state index in [4.69, 9.17) is 11.6 Å². The molecular formula is C15H26ClNOS. The molecule has 0 saturated heterocycles. The van der Waals surface area contributed by atoms with E-state index < -0.39 is 0 Å². The standard InChI is InChI=1S/C15H26ClNOS/c1-2-3-4-5-6-7-8-9-10-11-12-17-15(18)13-14(16)19-17/h13H,2-12H2,1H3. The van der Waals surface area contributed by atoms with Gasteiger partial charge in [0.05, 0.1) is 0 Å². The van der Waals surface area contributed by atoms with Crippen molar-refractivity contribution >= 4 is 23.1 Å². The third-order valence-corrected chi connectivity index (χ3v) is 4.59. The highest BCUT2D eigenvalue weighted by molar-refractivity contribution is 7.11. The zero-order valence-corrected chi connectivity index (χ0v) is 13.6. The lowest BCUT2D eigenvalue weighted by Gasteiger charge is -2.02. The number of aromatic nitrogens is 1. The van der Waals surface area contributed by atoms with Gasteiger partial charge in [0.15, 0.2) is 0 Å². The van der Waals surface area contributed by atoms with E-state index in [-0.39, 0.29) is 5.56 Å². The average Bonchev–Trinajstić information content (AvgIpc) is 2.70. The molecule has 0 saturated carbocycles. The van der Waals surface area contributed by atoms with E-state index in [1.165, 1.54) is 75.4 Å². The Morgan fingerprint density at radius 1 is 1.00 bits per heavy atom. The average molecular weight is 304 g/mol. The molecule has 0 spiro atoms. The van der Waals surface area contributed by atoms with Crippen LogP contribution in [-0.2, 0) is 6.54 Å². The maximum Gasteiger partial charge on any atom is 0.262 e. The lowest BCUT2D eigenvalue weighted by atomic mass is 10.1. The van der Waals surface area contributed by atoms with Gasteiger partial charge >= 0.3 is 0 Å². The summed E-state index contributed by atoms with van der Waals surface area (Å²) in [5.41, 5.74) is 0.0472. The van der Waals surface area contributed by atoms with Gasteiger partial charge in [-0.15, -0.1) is 0 Å². The SMILES string of the molecule is CCCCCCCCCCCCn1sc(Cl)cc1=O. The number of hydrogen-bond acceptors (Lipinski definition) is 2. The van der Waals surface area contributed by atoms with Crippen LogP contribution >= 0.6 is 23.1 Å². The highest BCUT2D eigenvalue weighted by Gasteiger charge is 2.01. The number of halogens is 1. The summed E-state index contributed by atoms with van der Waals surface area (Å²) in [6.07, 6.45) is 13.2. The van der Waals surface area contributed by atoms with Gasteiger partial charge in [-0.1, -0.05) is 76.3 Å². The Balaban J connectivity index is 1.91. The van der Waals surface area contributed by atoms with Crippen LogP contribution in [0.25, 0.3) is 0 Å². The molecule has 1 aromatic rings. The maximum atomic E-state index is 11.4. The molecule has 0 amide bonds. The van der Waals surface area contributed by atoms with Crippen LogP contribution in [0.5, 0.6) is 0 Å². The van der Waals surface area contributed by atoms with E-state index in [1.807, 2.05) is 0 Å². The van der Waals surface area contributed by atoms with Crippen LogP contribution < -0.4 is 5.56 Å². The van der Waals surface area contributed by atoms with Gasteiger partial charge in [0.1, 0.15) is 4.34 Å². The monoisotopic (exact) mass is 303 g/mol. The van der Waals surface area contributed by atoms with Crippen molar-refractivity contribution in [1.82, 2.24) is 3.96 Å². The summed E-state index contributed by atoms with van der Waals surface area (Å²) in [4.78, 5) is 11.4. The minimum Gasteiger partial charge on any atom is -0.268 e. The van der Waals surface area contributed by atoms with E-state index >= 15 is 0 Å². The van der Waals surface area contributed by atoms with Crippen LogP contribution in [0.15, 0.2) is 10.9 Å². The van der Waals surface area contributed by atoms with E-state index in [9.17, 15) is 4.79 Å². The number of aryl methyl sites for hydroxylation is 1. The molecule has 0 atom stereocenters. The van der Waals surface area contributed by atoms with Crippen molar-refractivity contribution in [3.05, 3.63) is 20.8 Å². The third kappa shape index (κ3) is 7.78. The number of nitrogens with zero attached hydrogens (tertiary/aromatic N) is 1. The zero-order valence-electron chi connectivity index (χ0n) is 12.0. The molecule has 0 aliphatic carbocycles. The fourth-order valence-corrected chi connectivity index (χ4v) is 3.31. The van der Waals surface area contributed by atoms with Crippen molar-refractivity contribution in [3.63, 3.8) is 0 Å². The highest BCUT2D eigenvalue weighted by atomic mass is 35.5. The van der Waals surface area contributed by atoms with Crippen LogP contribution in [0.4, 0.5) is 0 Å². The second kappa shape index (κ2) is 10.5. The molecule has 1 aromatic heterocycles. The maximum absolute atomic E-state index is 11.4. The van der Waals surface area contributed by atoms with Gasteiger partial charge in [-0.3, -0.25) is 8.75 Å². The molecular weight excluding hydrogens is 278 g/mol. The van der Waals surface area contributed by atoms with Crippen LogP contribution in [0.2, 0.25) is 4.34 Å². The first-order valence-electron chi connectivity index (χ1n) is 7.60. The van der Waals surface area contributed by atoms with Gasteiger partial charge in [0.2, 0.25) is 0 Å². The molecule has 0 aromatic carbocycles. The highest BCUT2D eigenvalue weighted by Crippen LogP contribution is 2.14. The zero-order chi connectivity index (χ0) is 13.9. The molecule has 0 N–H and O–H groups in total. The van der Waals surface area contributed by atoms with Crippen molar-refractivity contribution < 1.29 is 0 Å². The molecule has 0 unspecified atom stereocenters. The van der Waals surface area contributed by atoms with Crippen molar-refractivity contribution in [3.8, 4) is 0 Å². The van der Waals surface area contributed by atoms with Crippen LogP contribution in [0.1, 0.15) is 71.1 Å². The van der Waals surface area contributed by atoms with E-state index in [0.717, 1.165) is 13.0 Å². The molecule has 110 valence electrons. The molecule has 0 aliphatic rings. The Morgan fingerprint density at radius 2 is 1.53 bits per heavy atom. The Hall–Kier alpha value is -0.280. The van der Waals surface area contributed by atoms with Gasteiger partial charge < -0.3 is 0 Å². The summed E-state index contributed by atoms with van der Waals surface area (Å²) < 4.78 is 2.35. The minimum atomic E-state index is 0.0472. The van der Waals surface area contributed by atoms with Gasteiger partial charge in [-0.05, 0) is 18.0 Å². The van der Waals surface area contributed by atoms with Crippen LogP contribution in [0, 0.1) is 0 Å². The largest absolute Gasteiger partial charge is 0.268 e. The molecule has 1 rings (SSSR count). The Kier molecular flexibility index (Phi) is 9.27. The van der Waals surface area contributed by atoms with Gasteiger partial charge in [-0.25, -0.2) is 0 Å². The van der Waals surface area contributed by atoms with Gasteiger partial charge in [0, 0.05) is 12.6 Å². The Morgan fingerprint density at radius 3 is 2.00 bits per heavy atom. The topological polar surface area (TPSA) is 22.0 Å².